The molecule has 8 nitrogen and oxygen atoms in total. The summed E-state index contributed by atoms with van der Waals surface area (Å²) < 4.78 is 0. The topological polar surface area (TPSA) is 72.9 Å². The first-order valence-electron chi connectivity index (χ1n) is 12.1. The number of hydrogen-bond acceptors (Lipinski definition) is 7. The Morgan fingerprint density at radius 3 is 2.63 bits per heavy atom. The zero-order valence-electron chi connectivity index (χ0n) is 19.8. The summed E-state index contributed by atoms with van der Waals surface area (Å²) in [5.74, 6) is 0.187. The number of nitrogens with zero attached hydrogens (tertiary/aromatic N) is 6. The summed E-state index contributed by atoms with van der Waals surface area (Å²) in [4.78, 5) is 42.7. The van der Waals surface area contributed by atoms with Crippen LogP contribution < -0.4 is 9.80 Å². The molecule has 2 aromatic heterocycles. The lowest BCUT2D eigenvalue weighted by Gasteiger charge is -2.37. The Morgan fingerprint density at radius 1 is 1.00 bits per heavy atom. The summed E-state index contributed by atoms with van der Waals surface area (Å²) >= 11 is 1.38. The van der Waals surface area contributed by atoms with Gasteiger partial charge in [-0.1, -0.05) is 0 Å². The monoisotopic (exact) mass is 488 g/mol. The maximum atomic E-state index is 13.0. The highest BCUT2D eigenvalue weighted by molar-refractivity contribution is 7.11. The number of piperazine rings is 1. The number of anilines is 3. The van der Waals surface area contributed by atoms with Crippen LogP contribution in [0.5, 0.6) is 0 Å². The molecule has 2 fully saturated rings. The number of aryl methyl sites for hydroxylation is 1. The van der Waals surface area contributed by atoms with Crippen molar-refractivity contribution in [2.24, 2.45) is 0 Å². The molecule has 0 aliphatic carbocycles. The lowest BCUT2D eigenvalue weighted by atomic mass is 10.1. The van der Waals surface area contributed by atoms with Crippen LogP contribution >= 0.6 is 11.3 Å². The molecular weight excluding hydrogens is 460 g/mol. The molecule has 6 rings (SSSR count). The molecule has 0 saturated carbocycles. The molecule has 0 N–H and O–H groups in total. The van der Waals surface area contributed by atoms with Crippen LogP contribution in [0.3, 0.4) is 0 Å². The highest BCUT2D eigenvalue weighted by Crippen LogP contribution is 2.38. The molecule has 9 heteroatoms. The third-order valence-electron chi connectivity index (χ3n) is 7.38. The van der Waals surface area contributed by atoms with E-state index in [1.807, 2.05) is 34.4 Å². The molecule has 1 atom stereocenters. The van der Waals surface area contributed by atoms with Crippen molar-refractivity contribution < 1.29 is 9.59 Å². The van der Waals surface area contributed by atoms with Crippen LogP contribution in [0.2, 0.25) is 0 Å². The van der Waals surface area contributed by atoms with Gasteiger partial charge in [0.25, 0.3) is 5.91 Å². The van der Waals surface area contributed by atoms with Crippen LogP contribution in [0, 0.1) is 6.92 Å². The van der Waals surface area contributed by atoms with Crippen LogP contribution in [0.25, 0.3) is 0 Å². The summed E-state index contributed by atoms with van der Waals surface area (Å²) in [6.07, 6.45) is 4.98. The fraction of sp³-hybridized carbons (Fsp3) is 0.385. The molecule has 35 heavy (non-hydrogen) atoms. The van der Waals surface area contributed by atoms with Crippen LogP contribution in [0.15, 0.2) is 48.1 Å². The Bertz CT molecular complexity index is 1250. The number of benzene rings is 1. The maximum absolute atomic E-state index is 13.0. The number of aromatic nitrogens is 2. The van der Waals surface area contributed by atoms with E-state index in [0.717, 1.165) is 43.1 Å². The van der Waals surface area contributed by atoms with Gasteiger partial charge in [-0.15, -0.1) is 11.3 Å². The Hall–Kier alpha value is -3.30. The molecular formula is C26H28N6O2S. The Morgan fingerprint density at radius 2 is 1.86 bits per heavy atom. The van der Waals surface area contributed by atoms with Crippen LogP contribution in [-0.2, 0) is 11.2 Å². The molecule has 2 amide bonds. The standard InChI is InChI=1S/C26H28N6O2S/c1-18-22(3-2-7-27-18)31-9-6-19-15-20(4-5-23(19)31)32-17-21(16-24(32)33)29-10-12-30(13-11-29)26(34)25-28-8-14-35-25/h2-5,7-8,14-15,21H,6,9-13,16-17H2,1H3. The second kappa shape index (κ2) is 9.05. The van der Waals surface area contributed by atoms with Gasteiger partial charge in [0.15, 0.2) is 5.01 Å². The number of amides is 2. The van der Waals surface area contributed by atoms with E-state index < -0.39 is 0 Å². The van der Waals surface area contributed by atoms with Crippen LogP contribution in [0.4, 0.5) is 17.1 Å². The molecule has 5 heterocycles. The summed E-state index contributed by atoms with van der Waals surface area (Å²) in [6, 6.07) is 10.7. The minimum absolute atomic E-state index is 0.0115. The van der Waals surface area contributed by atoms with Crippen molar-refractivity contribution in [1.82, 2.24) is 19.8 Å². The van der Waals surface area contributed by atoms with E-state index in [9.17, 15) is 9.59 Å². The highest BCUT2D eigenvalue weighted by Gasteiger charge is 2.37. The van der Waals surface area contributed by atoms with Gasteiger partial charge in [0.05, 0.1) is 11.4 Å². The van der Waals surface area contributed by atoms with Crippen molar-refractivity contribution >= 4 is 40.2 Å². The number of pyridine rings is 1. The molecule has 1 unspecified atom stereocenters. The average Bonchev–Trinajstić information content (AvgIpc) is 3.64. The van der Waals surface area contributed by atoms with Crippen LogP contribution in [0.1, 0.15) is 27.5 Å². The van der Waals surface area contributed by atoms with Gasteiger partial charge in [-0.2, -0.15) is 0 Å². The number of hydrogen-bond donors (Lipinski definition) is 0. The zero-order chi connectivity index (χ0) is 23.9. The first-order valence-corrected chi connectivity index (χ1v) is 13.0. The lowest BCUT2D eigenvalue weighted by Crippen LogP contribution is -2.52. The average molecular weight is 489 g/mol. The summed E-state index contributed by atoms with van der Waals surface area (Å²) in [5, 5.41) is 2.38. The second-order valence-electron chi connectivity index (χ2n) is 9.35. The minimum atomic E-state index is 0.0115. The van der Waals surface area contributed by atoms with Crippen molar-refractivity contribution in [3.8, 4) is 0 Å². The first kappa shape index (κ1) is 22.2. The lowest BCUT2D eigenvalue weighted by molar-refractivity contribution is -0.117. The fourth-order valence-electron chi connectivity index (χ4n) is 5.50. The molecule has 1 aromatic carbocycles. The summed E-state index contributed by atoms with van der Waals surface area (Å²) in [7, 11) is 0. The van der Waals surface area contributed by atoms with E-state index in [1.54, 1.807) is 6.20 Å². The van der Waals surface area contributed by atoms with E-state index in [0.29, 0.717) is 31.1 Å². The molecule has 3 aliphatic heterocycles. The zero-order valence-corrected chi connectivity index (χ0v) is 20.6. The first-order chi connectivity index (χ1) is 17.1. The molecule has 0 spiro atoms. The fourth-order valence-corrected chi connectivity index (χ4v) is 6.11. The normalized spacial score (nSPS) is 20.5. The minimum Gasteiger partial charge on any atom is -0.339 e. The van der Waals surface area contributed by atoms with Gasteiger partial charge in [0.1, 0.15) is 0 Å². The van der Waals surface area contributed by atoms with Gasteiger partial charge in [-0.05, 0) is 49.2 Å². The molecule has 3 aromatic rings. The number of carbonyl (C=O) groups excluding carboxylic acids is 2. The molecule has 0 radical (unpaired) electrons. The highest BCUT2D eigenvalue weighted by atomic mass is 32.1. The Kier molecular flexibility index (Phi) is 5.74. The third-order valence-corrected chi connectivity index (χ3v) is 8.14. The SMILES string of the molecule is Cc1ncccc1N1CCc2cc(N3CC(N4CCN(C(=O)c5nccs5)CC4)CC3=O)ccc21. The number of carbonyl (C=O) groups is 2. The second-order valence-corrected chi connectivity index (χ2v) is 10.2. The van der Waals surface area contributed by atoms with Crippen molar-refractivity contribution in [1.29, 1.82) is 0 Å². The predicted octanol–water partition coefficient (Wildman–Crippen LogP) is 3.10. The largest absolute Gasteiger partial charge is 0.339 e. The Balaban J connectivity index is 1.12. The van der Waals surface area contributed by atoms with Gasteiger partial charge in [0, 0.05) is 80.9 Å². The van der Waals surface area contributed by atoms with Gasteiger partial charge < -0.3 is 14.7 Å². The van der Waals surface area contributed by atoms with E-state index in [4.69, 9.17) is 0 Å². The molecule has 180 valence electrons. The van der Waals surface area contributed by atoms with Crippen molar-refractivity contribution in [2.45, 2.75) is 25.8 Å². The predicted molar refractivity (Wildman–Crippen MR) is 136 cm³/mol. The summed E-state index contributed by atoms with van der Waals surface area (Å²) in [5.41, 5.74) is 5.63. The Labute approximate surface area is 208 Å². The van der Waals surface area contributed by atoms with Gasteiger partial charge >= 0.3 is 0 Å². The number of fused-ring (bicyclic) bond motifs is 1. The van der Waals surface area contributed by atoms with E-state index in [2.05, 4.69) is 44.0 Å². The third kappa shape index (κ3) is 4.08. The maximum Gasteiger partial charge on any atom is 0.282 e. The smallest absolute Gasteiger partial charge is 0.282 e. The van der Waals surface area contributed by atoms with E-state index in [-0.39, 0.29) is 17.9 Å². The van der Waals surface area contributed by atoms with Gasteiger partial charge in [0.2, 0.25) is 5.91 Å². The van der Waals surface area contributed by atoms with E-state index in [1.165, 1.54) is 22.6 Å². The molecule has 0 bridgehead atoms. The molecule has 3 aliphatic rings. The quantitative estimate of drug-likeness (QED) is 0.562. The summed E-state index contributed by atoms with van der Waals surface area (Å²) in [6.45, 7) is 6.57. The van der Waals surface area contributed by atoms with E-state index >= 15 is 0 Å². The van der Waals surface area contributed by atoms with Crippen molar-refractivity contribution in [3.63, 3.8) is 0 Å². The number of rotatable bonds is 4. The van der Waals surface area contributed by atoms with Crippen LogP contribution in [-0.4, -0.2) is 76.9 Å². The van der Waals surface area contributed by atoms with Crippen molar-refractivity contribution in [3.05, 3.63) is 64.4 Å². The molecule has 2 saturated heterocycles. The number of thiazole rings is 1. The van der Waals surface area contributed by atoms with Gasteiger partial charge in [-0.3, -0.25) is 19.5 Å². The van der Waals surface area contributed by atoms with Crippen molar-refractivity contribution in [2.75, 3.05) is 49.1 Å². The van der Waals surface area contributed by atoms with Gasteiger partial charge in [-0.25, -0.2) is 4.98 Å².